The molecule has 5 heterocycles. The summed E-state index contributed by atoms with van der Waals surface area (Å²) in [6.45, 7) is 1.66. The lowest BCUT2D eigenvalue weighted by Gasteiger charge is -2.24. The molecule has 1 saturated heterocycles. The van der Waals surface area contributed by atoms with Crippen LogP contribution in [-0.4, -0.2) is 26.0 Å². The van der Waals surface area contributed by atoms with E-state index >= 15 is 0 Å². The quantitative estimate of drug-likeness (QED) is 0.583. The van der Waals surface area contributed by atoms with Crippen molar-refractivity contribution < 1.29 is 4.42 Å². The van der Waals surface area contributed by atoms with Crippen molar-refractivity contribution in [3.8, 4) is 11.3 Å². The number of aromatic amines is 1. The molecule has 0 bridgehead atoms. The topological polar surface area (TPSA) is 67.1 Å². The Bertz CT molecular complexity index is 1140. The lowest BCUT2D eigenvalue weighted by atomic mass is 10.1. The number of aromatic nitrogens is 3. The molecule has 4 aromatic rings. The lowest BCUT2D eigenvalue weighted by molar-refractivity contribution is 0.235. The van der Waals surface area contributed by atoms with Crippen molar-refractivity contribution in [3.63, 3.8) is 0 Å². The first-order valence-electron chi connectivity index (χ1n) is 9.10. The van der Waals surface area contributed by atoms with E-state index in [0.29, 0.717) is 23.7 Å². The first-order chi connectivity index (χ1) is 13.2. The zero-order chi connectivity index (χ0) is 18.4. The Labute approximate surface area is 160 Å². The maximum absolute atomic E-state index is 12.8. The summed E-state index contributed by atoms with van der Waals surface area (Å²) >= 11 is 1.49. The summed E-state index contributed by atoms with van der Waals surface area (Å²) in [5.41, 5.74) is 2.02. The zero-order valence-electron chi connectivity index (χ0n) is 15.0. The van der Waals surface area contributed by atoms with Crippen molar-refractivity contribution in [2.45, 2.75) is 25.4 Å². The van der Waals surface area contributed by atoms with Crippen molar-refractivity contribution in [1.29, 1.82) is 0 Å². The summed E-state index contributed by atoms with van der Waals surface area (Å²) < 4.78 is 7.64. The van der Waals surface area contributed by atoms with Crippen LogP contribution in [0.4, 0.5) is 0 Å². The highest BCUT2D eigenvalue weighted by Crippen LogP contribution is 2.34. The third-order valence-electron chi connectivity index (χ3n) is 5.32. The number of hydrogen-bond acceptors (Lipinski definition) is 5. The Kier molecular flexibility index (Phi) is 3.98. The molecule has 27 heavy (non-hydrogen) atoms. The van der Waals surface area contributed by atoms with Crippen LogP contribution in [0.1, 0.15) is 30.4 Å². The number of fused-ring (bicyclic) bond motifs is 1. The van der Waals surface area contributed by atoms with Gasteiger partial charge in [0.25, 0.3) is 5.56 Å². The van der Waals surface area contributed by atoms with E-state index in [-0.39, 0.29) is 5.56 Å². The fourth-order valence-corrected chi connectivity index (χ4v) is 4.99. The molecule has 0 spiro atoms. The van der Waals surface area contributed by atoms with Crippen LogP contribution in [0.5, 0.6) is 0 Å². The predicted octanol–water partition coefficient (Wildman–Crippen LogP) is 3.92. The van der Waals surface area contributed by atoms with Gasteiger partial charge in [-0.3, -0.25) is 9.69 Å². The number of hydrogen-bond donors (Lipinski definition) is 1. The van der Waals surface area contributed by atoms with Gasteiger partial charge >= 0.3 is 0 Å². The van der Waals surface area contributed by atoms with Crippen molar-refractivity contribution in [3.05, 3.63) is 64.0 Å². The number of thiophene rings is 1. The second kappa shape index (κ2) is 6.51. The van der Waals surface area contributed by atoms with E-state index in [1.807, 2.05) is 17.5 Å². The first kappa shape index (κ1) is 16.5. The largest absolute Gasteiger partial charge is 0.464 e. The van der Waals surface area contributed by atoms with E-state index in [9.17, 15) is 4.79 Å². The molecule has 6 nitrogen and oxygen atoms in total. The van der Waals surface area contributed by atoms with E-state index in [0.717, 1.165) is 35.6 Å². The summed E-state index contributed by atoms with van der Waals surface area (Å²) in [6.07, 6.45) is 5.99. The van der Waals surface area contributed by atoms with Gasteiger partial charge in [-0.25, -0.2) is 4.98 Å². The number of H-pyrrole nitrogens is 1. The number of rotatable bonds is 4. The second-order valence-corrected chi connectivity index (χ2v) is 7.85. The summed E-state index contributed by atoms with van der Waals surface area (Å²) in [5.74, 6) is 1.42. The second-order valence-electron chi connectivity index (χ2n) is 6.99. The van der Waals surface area contributed by atoms with E-state index in [4.69, 9.17) is 9.40 Å². The van der Waals surface area contributed by atoms with Gasteiger partial charge < -0.3 is 14.0 Å². The Hall–Kier alpha value is -2.64. The van der Waals surface area contributed by atoms with E-state index in [1.54, 1.807) is 6.26 Å². The molecule has 0 amide bonds. The normalized spacial score (nSPS) is 17.9. The van der Waals surface area contributed by atoms with Crippen LogP contribution >= 0.6 is 11.3 Å². The van der Waals surface area contributed by atoms with E-state index < -0.39 is 0 Å². The molecule has 1 aliphatic heterocycles. The van der Waals surface area contributed by atoms with Gasteiger partial charge in [-0.15, -0.1) is 11.3 Å². The van der Waals surface area contributed by atoms with Crippen LogP contribution in [0.3, 0.4) is 0 Å². The SMILES string of the molecule is Cn1cccc1[C@H]1CCCN1Cc1nc2scc(-c3ccco3)c2c(=O)[nH]1. The minimum absolute atomic E-state index is 0.0998. The molecule has 7 heteroatoms. The molecule has 1 N–H and O–H groups in total. The lowest BCUT2D eigenvalue weighted by Crippen LogP contribution is -2.26. The van der Waals surface area contributed by atoms with Crippen LogP contribution in [0.15, 0.2) is 51.3 Å². The van der Waals surface area contributed by atoms with E-state index in [2.05, 4.69) is 39.8 Å². The first-order valence-corrected chi connectivity index (χ1v) is 9.98. The smallest absolute Gasteiger partial charge is 0.260 e. The molecule has 138 valence electrons. The molecule has 1 aliphatic rings. The number of nitrogens with zero attached hydrogens (tertiary/aromatic N) is 3. The van der Waals surface area contributed by atoms with Gasteiger partial charge in [0.05, 0.1) is 24.2 Å². The number of aryl methyl sites for hydroxylation is 1. The number of nitrogens with one attached hydrogen (secondary N) is 1. The van der Waals surface area contributed by atoms with Gasteiger partial charge in [0.2, 0.25) is 0 Å². The molecular formula is C20H20N4O2S. The molecule has 1 atom stereocenters. The fourth-order valence-electron chi connectivity index (χ4n) is 4.04. The summed E-state index contributed by atoms with van der Waals surface area (Å²) in [4.78, 5) is 23.7. The molecule has 0 radical (unpaired) electrons. The van der Waals surface area contributed by atoms with Gasteiger partial charge in [-0.1, -0.05) is 0 Å². The standard InChI is InChI=1S/C20H20N4O2S/c1-23-8-2-5-14(23)15-6-3-9-24(15)11-17-21-19(25)18-13(12-27-20(18)22-17)16-7-4-10-26-16/h2,4-5,7-8,10,12,15H,3,6,9,11H2,1H3,(H,21,22,25)/t15-/m1/s1. The van der Waals surface area contributed by atoms with Crippen LogP contribution in [0.2, 0.25) is 0 Å². The van der Waals surface area contributed by atoms with Crippen LogP contribution in [-0.2, 0) is 13.6 Å². The van der Waals surface area contributed by atoms with Gasteiger partial charge in [0, 0.05) is 29.9 Å². The molecule has 0 saturated carbocycles. The van der Waals surface area contributed by atoms with Crippen molar-refractivity contribution in [1.82, 2.24) is 19.4 Å². The van der Waals surface area contributed by atoms with Crippen LogP contribution < -0.4 is 5.56 Å². The average Bonchev–Trinajstić information content (AvgIpc) is 3.41. The van der Waals surface area contributed by atoms with Crippen LogP contribution in [0, 0.1) is 0 Å². The van der Waals surface area contributed by atoms with Crippen molar-refractivity contribution >= 4 is 21.6 Å². The molecule has 1 fully saturated rings. The van der Waals surface area contributed by atoms with Gasteiger partial charge in [-0.05, 0) is 43.7 Å². The Morgan fingerprint density at radius 3 is 3.07 bits per heavy atom. The van der Waals surface area contributed by atoms with Gasteiger partial charge in [0.15, 0.2) is 0 Å². The Morgan fingerprint density at radius 1 is 1.37 bits per heavy atom. The third kappa shape index (κ3) is 2.83. The molecule has 0 aromatic carbocycles. The van der Waals surface area contributed by atoms with Crippen molar-refractivity contribution in [2.75, 3.05) is 6.54 Å². The molecule has 0 unspecified atom stereocenters. The summed E-state index contributed by atoms with van der Waals surface area (Å²) in [7, 11) is 2.08. The molecular weight excluding hydrogens is 360 g/mol. The molecule has 0 aliphatic carbocycles. The monoisotopic (exact) mass is 380 g/mol. The molecule has 5 rings (SSSR count). The minimum Gasteiger partial charge on any atom is -0.464 e. The fraction of sp³-hybridized carbons (Fsp3) is 0.300. The summed E-state index contributed by atoms with van der Waals surface area (Å²) in [6, 6.07) is 8.32. The predicted molar refractivity (Wildman–Crippen MR) is 106 cm³/mol. The van der Waals surface area contributed by atoms with E-state index in [1.165, 1.54) is 17.0 Å². The highest BCUT2D eigenvalue weighted by molar-refractivity contribution is 7.17. The molecule has 4 aromatic heterocycles. The average molecular weight is 380 g/mol. The Morgan fingerprint density at radius 2 is 2.30 bits per heavy atom. The van der Waals surface area contributed by atoms with Gasteiger partial charge in [0.1, 0.15) is 16.4 Å². The maximum Gasteiger partial charge on any atom is 0.260 e. The highest BCUT2D eigenvalue weighted by atomic mass is 32.1. The highest BCUT2D eigenvalue weighted by Gasteiger charge is 2.28. The zero-order valence-corrected chi connectivity index (χ0v) is 15.8. The number of likely N-dealkylation sites (tertiary alicyclic amines) is 1. The minimum atomic E-state index is -0.0998. The van der Waals surface area contributed by atoms with Gasteiger partial charge in [-0.2, -0.15) is 0 Å². The maximum atomic E-state index is 12.8. The number of furan rings is 1. The Balaban J connectivity index is 1.48. The summed E-state index contributed by atoms with van der Waals surface area (Å²) in [5, 5.41) is 2.55. The third-order valence-corrected chi connectivity index (χ3v) is 6.19. The van der Waals surface area contributed by atoms with Crippen LogP contribution in [0.25, 0.3) is 21.5 Å². The van der Waals surface area contributed by atoms with Crippen molar-refractivity contribution in [2.24, 2.45) is 7.05 Å².